The molecule has 2 heterocycles. The highest BCUT2D eigenvalue weighted by molar-refractivity contribution is 5.89. The summed E-state index contributed by atoms with van der Waals surface area (Å²) in [4.78, 5) is 11.9. The van der Waals surface area contributed by atoms with E-state index in [0.717, 1.165) is 18.2 Å². The predicted molar refractivity (Wildman–Crippen MR) is 74.8 cm³/mol. The van der Waals surface area contributed by atoms with Crippen molar-refractivity contribution in [1.29, 1.82) is 0 Å². The molecule has 0 saturated heterocycles. The Balaban J connectivity index is 1.66. The Morgan fingerprint density at radius 1 is 1.12 bits per heavy atom. The van der Waals surface area contributed by atoms with E-state index in [1.807, 2.05) is 0 Å². The number of rotatable bonds is 4. The van der Waals surface area contributed by atoms with E-state index in [0.29, 0.717) is 17.2 Å². The molecule has 0 aliphatic carbocycles. The third-order valence-electron chi connectivity index (χ3n) is 3.10. The van der Waals surface area contributed by atoms with Crippen molar-refractivity contribution in [2.24, 2.45) is 0 Å². The lowest BCUT2D eigenvalue weighted by atomic mass is 10.1. The van der Waals surface area contributed by atoms with Crippen molar-refractivity contribution < 1.29 is 31.6 Å². The minimum absolute atomic E-state index is 0.195. The Morgan fingerprint density at radius 2 is 1.96 bits per heavy atom. The van der Waals surface area contributed by atoms with Crippen LogP contribution in [-0.4, -0.2) is 11.1 Å². The number of ether oxygens (including phenoxy) is 1. The van der Waals surface area contributed by atoms with Gasteiger partial charge < -0.3 is 13.7 Å². The molecule has 0 fully saturated rings. The van der Waals surface area contributed by atoms with E-state index in [4.69, 9.17) is 13.7 Å². The molecule has 0 radical (unpaired) electrons. The van der Waals surface area contributed by atoms with Crippen LogP contribution in [0.2, 0.25) is 0 Å². The largest absolute Gasteiger partial charge is 0.461 e. The van der Waals surface area contributed by atoms with Crippen LogP contribution >= 0.6 is 0 Å². The van der Waals surface area contributed by atoms with Crippen LogP contribution in [0.5, 0.6) is 0 Å². The maximum atomic E-state index is 12.6. The van der Waals surface area contributed by atoms with Gasteiger partial charge in [0.05, 0.1) is 17.4 Å². The fourth-order valence-electron chi connectivity index (χ4n) is 1.96. The van der Waals surface area contributed by atoms with E-state index < -0.39 is 17.7 Å². The number of carbonyl (C=O) groups excluding carboxylic acids is 1. The van der Waals surface area contributed by atoms with Gasteiger partial charge in [-0.25, -0.2) is 4.79 Å². The highest BCUT2D eigenvalue weighted by Gasteiger charge is 2.31. The normalized spacial score (nSPS) is 11.5. The van der Waals surface area contributed by atoms with Gasteiger partial charge in [-0.05, 0) is 30.3 Å². The van der Waals surface area contributed by atoms with Crippen LogP contribution in [-0.2, 0) is 17.5 Å². The molecule has 124 valence electrons. The number of benzene rings is 1. The maximum Gasteiger partial charge on any atom is 0.416 e. The molecule has 8 heteroatoms. The van der Waals surface area contributed by atoms with Crippen molar-refractivity contribution >= 4 is 5.97 Å². The third-order valence-corrected chi connectivity index (χ3v) is 3.10. The first-order valence-electron chi connectivity index (χ1n) is 6.77. The Kier molecular flexibility index (Phi) is 4.11. The highest BCUT2D eigenvalue weighted by Crippen LogP contribution is 2.29. The number of alkyl halides is 3. The van der Waals surface area contributed by atoms with Gasteiger partial charge in [-0.1, -0.05) is 11.2 Å². The lowest BCUT2D eigenvalue weighted by Crippen LogP contribution is -2.09. The molecular weight excluding hydrogens is 327 g/mol. The van der Waals surface area contributed by atoms with Crippen LogP contribution in [0.15, 0.2) is 57.7 Å². The zero-order valence-corrected chi connectivity index (χ0v) is 12.0. The molecule has 0 amide bonds. The average molecular weight is 337 g/mol. The topological polar surface area (TPSA) is 65.5 Å². The summed E-state index contributed by atoms with van der Waals surface area (Å²) in [6, 6.07) is 8.85. The number of halogens is 3. The first-order chi connectivity index (χ1) is 11.4. The van der Waals surface area contributed by atoms with Gasteiger partial charge in [-0.3, -0.25) is 0 Å². The van der Waals surface area contributed by atoms with E-state index in [2.05, 4.69) is 5.16 Å². The number of hydrogen-bond acceptors (Lipinski definition) is 5. The van der Waals surface area contributed by atoms with Crippen LogP contribution in [0.1, 0.15) is 21.6 Å². The zero-order valence-electron chi connectivity index (χ0n) is 12.0. The molecule has 0 unspecified atom stereocenters. The van der Waals surface area contributed by atoms with Gasteiger partial charge in [0.15, 0.2) is 5.76 Å². The predicted octanol–water partition coefficient (Wildman–Crippen LogP) is 4.31. The molecule has 0 atom stereocenters. The standard InChI is InChI=1S/C16H10F3NO4/c17-16(18,19)11-4-1-3-10(7-11)15(21)23-9-12-8-14(24-20-12)13-5-2-6-22-13/h1-8H,9H2. The van der Waals surface area contributed by atoms with Crippen LogP contribution in [0.25, 0.3) is 11.5 Å². The fraction of sp³-hybridized carbons (Fsp3) is 0.125. The molecular formula is C16H10F3NO4. The third kappa shape index (κ3) is 3.48. The van der Waals surface area contributed by atoms with E-state index in [9.17, 15) is 18.0 Å². The van der Waals surface area contributed by atoms with E-state index in [-0.39, 0.29) is 12.2 Å². The van der Waals surface area contributed by atoms with E-state index in [1.54, 1.807) is 12.1 Å². The van der Waals surface area contributed by atoms with E-state index >= 15 is 0 Å². The second-order valence-corrected chi connectivity index (χ2v) is 4.81. The summed E-state index contributed by atoms with van der Waals surface area (Å²) < 4.78 is 53.0. The number of aromatic nitrogens is 1. The lowest BCUT2D eigenvalue weighted by molar-refractivity contribution is -0.137. The van der Waals surface area contributed by atoms with Crippen molar-refractivity contribution in [2.75, 3.05) is 0 Å². The quantitative estimate of drug-likeness (QED) is 0.664. The van der Waals surface area contributed by atoms with Crippen molar-refractivity contribution in [3.8, 4) is 11.5 Å². The number of carbonyl (C=O) groups is 1. The summed E-state index contributed by atoms with van der Waals surface area (Å²) in [6.07, 6.45) is -3.06. The second-order valence-electron chi connectivity index (χ2n) is 4.81. The Bertz CT molecular complexity index is 837. The molecule has 1 aromatic carbocycles. The summed E-state index contributed by atoms with van der Waals surface area (Å²) in [5.74, 6) is -0.0771. The van der Waals surface area contributed by atoms with Gasteiger partial charge >= 0.3 is 12.1 Å². The minimum Gasteiger partial charge on any atom is -0.461 e. The summed E-state index contributed by atoms with van der Waals surface area (Å²) >= 11 is 0. The maximum absolute atomic E-state index is 12.6. The van der Waals surface area contributed by atoms with Crippen molar-refractivity contribution in [2.45, 2.75) is 12.8 Å². The Hall–Kier alpha value is -3.03. The highest BCUT2D eigenvalue weighted by atomic mass is 19.4. The zero-order chi connectivity index (χ0) is 17.2. The molecule has 2 aromatic heterocycles. The summed E-state index contributed by atoms with van der Waals surface area (Å²) in [7, 11) is 0. The molecule has 0 spiro atoms. The first kappa shape index (κ1) is 15.9. The van der Waals surface area contributed by atoms with Gasteiger partial charge in [0.2, 0.25) is 5.76 Å². The van der Waals surface area contributed by atoms with E-state index in [1.165, 1.54) is 18.4 Å². The molecule has 0 saturated carbocycles. The average Bonchev–Trinajstić information content (AvgIpc) is 3.23. The van der Waals surface area contributed by atoms with Crippen LogP contribution in [0.4, 0.5) is 13.2 Å². The Labute approximate surface area is 133 Å². The number of esters is 1. The monoisotopic (exact) mass is 337 g/mol. The summed E-state index contributed by atoms with van der Waals surface area (Å²) in [6.45, 7) is -0.237. The number of nitrogens with zero attached hydrogens (tertiary/aromatic N) is 1. The van der Waals surface area contributed by atoms with Crippen LogP contribution < -0.4 is 0 Å². The smallest absolute Gasteiger partial charge is 0.416 e. The SMILES string of the molecule is O=C(OCc1cc(-c2ccco2)on1)c1cccc(C(F)(F)F)c1. The Morgan fingerprint density at radius 3 is 2.67 bits per heavy atom. The number of hydrogen-bond donors (Lipinski definition) is 0. The molecule has 3 aromatic rings. The summed E-state index contributed by atoms with van der Waals surface area (Å²) in [5, 5.41) is 3.70. The van der Waals surface area contributed by atoms with Crippen molar-refractivity contribution in [3.63, 3.8) is 0 Å². The molecule has 0 aliphatic rings. The molecule has 0 aliphatic heterocycles. The lowest BCUT2D eigenvalue weighted by Gasteiger charge is -2.08. The van der Waals surface area contributed by atoms with Gasteiger partial charge in [-0.15, -0.1) is 0 Å². The van der Waals surface area contributed by atoms with Gasteiger partial charge in [0.1, 0.15) is 12.3 Å². The number of furan rings is 1. The first-order valence-corrected chi connectivity index (χ1v) is 6.77. The molecule has 5 nitrogen and oxygen atoms in total. The molecule has 0 N–H and O–H groups in total. The fourth-order valence-corrected chi connectivity index (χ4v) is 1.96. The molecule has 3 rings (SSSR count). The van der Waals surface area contributed by atoms with Gasteiger partial charge in [-0.2, -0.15) is 13.2 Å². The van der Waals surface area contributed by atoms with Crippen molar-refractivity contribution in [3.05, 3.63) is 65.5 Å². The summed E-state index contributed by atoms with van der Waals surface area (Å²) in [5.41, 5.74) is -0.806. The van der Waals surface area contributed by atoms with Gasteiger partial charge in [0.25, 0.3) is 0 Å². The molecule has 24 heavy (non-hydrogen) atoms. The second kappa shape index (κ2) is 6.23. The van der Waals surface area contributed by atoms with Gasteiger partial charge in [0, 0.05) is 6.07 Å². The van der Waals surface area contributed by atoms with Crippen LogP contribution in [0, 0.1) is 0 Å². The minimum atomic E-state index is -4.53. The van der Waals surface area contributed by atoms with Crippen molar-refractivity contribution in [1.82, 2.24) is 5.16 Å². The van der Waals surface area contributed by atoms with Crippen LogP contribution in [0.3, 0.4) is 0 Å². The molecule has 0 bridgehead atoms.